The number of benzene rings is 1. The molecule has 0 saturated heterocycles. The molecule has 0 atom stereocenters. The normalized spacial score (nSPS) is 9.46. The predicted molar refractivity (Wildman–Crippen MR) is 50.8 cm³/mol. The van der Waals surface area contributed by atoms with Gasteiger partial charge in [-0.25, -0.2) is 0 Å². The second-order valence-corrected chi connectivity index (χ2v) is 2.32. The van der Waals surface area contributed by atoms with Crippen LogP contribution in [0.3, 0.4) is 0 Å². The van der Waals surface area contributed by atoms with E-state index in [-0.39, 0.29) is 0 Å². The SMILES string of the molecule is N#CNc1ccccc1/C=C/C=O. The molecule has 1 aromatic carbocycles. The van der Waals surface area contributed by atoms with Crippen molar-refractivity contribution in [3.8, 4) is 6.19 Å². The molecule has 0 aliphatic heterocycles. The van der Waals surface area contributed by atoms with Gasteiger partial charge in [0.15, 0.2) is 6.19 Å². The lowest BCUT2D eigenvalue weighted by molar-refractivity contribution is -0.104. The van der Waals surface area contributed by atoms with Crippen LogP contribution in [0.15, 0.2) is 30.3 Å². The topological polar surface area (TPSA) is 52.9 Å². The molecule has 0 radical (unpaired) electrons. The number of rotatable bonds is 3. The zero-order valence-electron chi connectivity index (χ0n) is 6.90. The molecule has 0 heterocycles. The summed E-state index contributed by atoms with van der Waals surface area (Å²) in [5.74, 6) is 0. The first kappa shape index (κ1) is 9.01. The zero-order valence-corrected chi connectivity index (χ0v) is 6.90. The number of allylic oxidation sites excluding steroid dienone is 1. The van der Waals surface area contributed by atoms with Crippen molar-refractivity contribution < 1.29 is 4.79 Å². The van der Waals surface area contributed by atoms with Crippen molar-refractivity contribution in [1.29, 1.82) is 5.26 Å². The summed E-state index contributed by atoms with van der Waals surface area (Å²) in [4.78, 5) is 10.1. The van der Waals surface area contributed by atoms with Crippen LogP contribution in [0.1, 0.15) is 5.56 Å². The highest BCUT2D eigenvalue weighted by atomic mass is 16.1. The Kier molecular flexibility index (Phi) is 3.28. The molecule has 3 heteroatoms. The van der Waals surface area contributed by atoms with Gasteiger partial charge in [-0.1, -0.05) is 18.2 Å². The molecule has 0 saturated carbocycles. The molecule has 13 heavy (non-hydrogen) atoms. The number of hydrogen-bond donors (Lipinski definition) is 1. The number of carbonyl (C=O) groups excluding carboxylic acids is 1. The van der Waals surface area contributed by atoms with Gasteiger partial charge in [-0.3, -0.25) is 10.1 Å². The average molecular weight is 172 g/mol. The van der Waals surface area contributed by atoms with E-state index in [2.05, 4.69) is 5.32 Å². The summed E-state index contributed by atoms with van der Waals surface area (Å²) in [6.45, 7) is 0. The van der Waals surface area contributed by atoms with Crippen LogP contribution in [0, 0.1) is 11.5 Å². The predicted octanol–water partition coefficient (Wildman–Crippen LogP) is 1.79. The van der Waals surface area contributed by atoms with E-state index in [1.54, 1.807) is 12.1 Å². The Morgan fingerprint density at radius 2 is 2.15 bits per heavy atom. The Morgan fingerprint density at radius 3 is 2.85 bits per heavy atom. The van der Waals surface area contributed by atoms with Crippen molar-refractivity contribution >= 4 is 18.0 Å². The smallest absolute Gasteiger partial charge is 0.181 e. The zero-order chi connectivity index (χ0) is 9.52. The minimum absolute atomic E-state index is 0.697. The van der Waals surface area contributed by atoms with Crippen LogP contribution in [-0.4, -0.2) is 6.29 Å². The van der Waals surface area contributed by atoms with Gasteiger partial charge in [-0.15, -0.1) is 0 Å². The monoisotopic (exact) mass is 172 g/mol. The van der Waals surface area contributed by atoms with Crippen molar-refractivity contribution in [3.63, 3.8) is 0 Å². The molecular formula is C10H8N2O. The number of nitrogens with one attached hydrogen (secondary N) is 1. The lowest BCUT2D eigenvalue weighted by atomic mass is 10.1. The van der Waals surface area contributed by atoms with E-state index in [4.69, 9.17) is 5.26 Å². The summed E-state index contributed by atoms with van der Waals surface area (Å²) in [5, 5.41) is 10.9. The largest absolute Gasteiger partial charge is 0.299 e. The standard InChI is InChI=1S/C10H8N2O/c11-8-12-10-6-2-1-4-9(10)5-3-7-13/h1-7,12H/b5-3+. The second kappa shape index (κ2) is 4.73. The maximum absolute atomic E-state index is 10.1. The van der Waals surface area contributed by atoms with Crippen LogP contribution in [0.25, 0.3) is 6.08 Å². The van der Waals surface area contributed by atoms with Gasteiger partial charge < -0.3 is 0 Å². The summed E-state index contributed by atoms with van der Waals surface area (Å²) in [6, 6.07) is 7.25. The highest BCUT2D eigenvalue weighted by Gasteiger charge is 1.94. The van der Waals surface area contributed by atoms with Gasteiger partial charge >= 0.3 is 0 Å². The van der Waals surface area contributed by atoms with E-state index in [0.717, 1.165) is 5.56 Å². The number of para-hydroxylation sites is 1. The van der Waals surface area contributed by atoms with Crippen molar-refractivity contribution in [3.05, 3.63) is 35.9 Å². The first-order valence-electron chi connectivity index (χ1n) is 3.74. The lowest BCUT2D eigenvalue weighted by Gasteiger charge is -2.00. The van der Waals surface area contributed by atoms with Crippen LogP contribution in [0.5, 0.6) is 0 Å². The molecule has 1 N–H and O–H groups in total. The third-order valence-electron chi connectivity index (χ3n) is 1.51. The maximum atomic E-state index is 10.1. The molecule has 0 spiro atoms. The summed E-state index contributed by atoms with van der Waals surface area (Å²) >= 11 is 0. The first-order valence-corrected chi connectivity index (χ1v) is 3.74. The van der Waals surface area contributed by atoms with Crippen LogP contribution < -0.4 is 5.32 Å². The number of hydrogen-bond acceptors (Lipinski definition) is 3. The number of nitriles is 1. The minimum atomic E-state index is 0.697. The molecule has 1 rings (SSSR count). The van der Waals surface area contributed by atoms with Crippen molar-refractivity contribution in [2.75, 3.05) is 5.32 Å². The fourth-order valence-electron chi connectivity index (χ4n) is 0.959. The molecular weight excluding hydrogens is 164 g/mol. The van der Waals surface area contributed by atoms with Crippen LogP contribution >= 0.6 is 0 Å². The Hall–Kier alpha value is -2.08. The number of aldehydes is 1. The molecule has 0 aliphatic carbocycles. The Bertz CT molecular complexity index is 363. The maximum Gasteiger partial charge on any atom is 0.181 e. The van der Waals surface area contributed by atoms with Crippen LogP contribution in [0.4, 0.5) is 5.69 Å². The summed E-state index contributed by atoms with van der Waals surface area (Å²) in [5.41, 5.74) is 1.51. The van der Waals surface area contributed by atoms with Crippen LogP contribution in [-0.2, 0) is 4.79 Å². The molecule has 0 aromatic heterocycles. The Balaban J connectivity index is 2.98. The highest BCUT2D eigenvalue weighted by Crippen LogP contribution is 2.15. The first-order chi connectivity index (χ1) is 6.38. The van der Waals surface area contributed by atoms with Gasteiger partial charge in [0, 0.05) is 0 Å². The van der Waals surface area contributed by atoms with Gasteiger partial charge in [-0.05, 0) is 23.8 Å². The van der Waals surface area contributed by atoms with Gasteiger partial charge in [-0.2, -0.15) is 5.26 Å². The molecule has 0 amide bonds. The second-order valence-electron chi connectivity index (χ2n) is 2.32. The molecule has 0 fully saturated rings. The summed E-state index contributed by atoms with van der Waals surface area (Å²) in [7, 11) is 0. The third kappa shape index (κ3) is 2.46. The highest BCUT2D eigenvalue weighted by molar-refractivity contribution is 5.78. The molecule has 64 valence electrons. The van der Waals surface area contributed by atoms with E-state index in [1.165, 1.54) is 6.08 Å². The van der Waals surface area contributed by atoms with E-state index >= 15 is 0 Å². The number of nitrogens with zero attached hydrogens (tertiary/aromatic N) is 1. The quantitative estimate of drug-likeness (QED) is 0.327. The molecule has 3 nitrogen and oxygen atoms in total. The Morgan fingerprint density at radius 1 is 1.38 bits per heavy atom. The lowest BCUT2D eigenvalue weighted by Crippen LogP contribution is -1.89. The number of carbonyl (C=O) groups is 1. The fraction of sp³-hybridized carbons (Fsp3) is 0. The van der Waals surface area contributed by atoms with Crippen molar-refractivity contribution in [1.82, 2.24) is 0 Å². The Labute approximate surface area is 76.3 Å². The summed E-state index contributed by atoms with van der Waals surface area (Å²) in [6.07, 6.45) is 5.56. The minimum Gasteiger partial charge on any atom is -0.299 e. The van der Waals surface area contributed by atoms with E-state index < -0.39 is 0 Å². The van der Waals surface area contributed by atoms with Gasteiger partial charge in [0.25, 0.3) is 0 Å². The summed E-state index contributed by atoms with van der Waals surface area (Å²) < 4.78 is 0. The van der Waals surface area contributed by atoms with Gasteiger partial charge in [0.1, 0.15) is 6.29 Å². The van der Waals surface area contributed by atoms with E-state index in [0.29, 0.717) is 12.0 Å². The molecule has 0 bridgehead atoms. The van der Waals surface area contributed by atoms with Crippen molar-refractivity contribution in [2.45, 2.75) is 0 Å². The molecule has 0 unspecified atom stereocenters. The molecule has 1 aromatic rings. The van der Waals surface area contributed by atoms with Crippen LogP contribution in [0.2, 0.25) is 0 Å². The molecule has 0 aliphatic rings. The van der Waals surface area contributed by atoms with Gasteiger partial charge in [0.05, 0.1) is 5.69 Å². The van der Waals surface area contributed by atoms with E-state index in [1.807, 2.05) is 24.4 Å². The van der Waals surface area contributed by atoms with Gasteiger partial charge in [0.2, 0.25) is 0 Å². The van der Waals surface area contributed by atoms with Crippen molar-refractivity contribution in [2.24, 2.45) is 0 Å². The average Bonchev–Trinajstić information content (AvgIpc) is 2.17. The fourth-order valence-corrected chi connectivity index (χ4v) is 0.959. The third-order valence-corrected chi connectivity index (χ3v) is 1.51. The number of anilines is 1. The van der Waals surface area contributed by atoms with E-state index in [9.17, 15) is 4.79 Å².